The van der Waals surface area contributed by atoms with Gasteiger partial charge in [0, 0.05) is 6.92 Å². The molecular formula is C18H19N3O3S2. The van der Waals surface area contributed by atoms with Crippen molar-refractivity contribution in [1.82, 2.24) is 4.98 Å². The highest BCUT2D eigenvalue weighted by Gasteiger charge is 2.17. The minimum atomic E-state index is -3.69. The number of aromatic nitrogens is 1. The predicted molar refractivity (Wildman–Crippen MR) is 105 cm³/mol. The maximum atomic E-state index is 12.7. The minimum absolute atomic E-state index is 0.197. The number of nitrogens with one attached hydrogen (secondary N) is 2. The molecule has 0 aliphatic rings. The molecular weight excluding hydrogens is 370 g/mol. The largest absolute Gasteiger partial charge is 0.302 e. The number of aryl methyl sites for hydroxylation is 3. The SMILES string of the molecule is CC(=O)Nc1nc2c(C)cc(NS(=O)(=O)c3ccc(C)c(C)c3)cc2s1. The number of carbonyl (C=O) groups is 1. The molecule has 0 aliphatic carbocycles. The molecule has 3 rings (SSSR count). The summed E-state index contributed by atoms with van der Waals surface area (Å²) in [4.78, 5) is 15.8. The lowest BCUT2D eigenvalue weighted by atomic mass is 10.1. The van der Waals surface area contributed by atoms with E-state index in [0.29, 0.717) is 10.8 Å². The summed E-state index contributed by atoms with van der Waals surface area (Å²) in [5.74, 6) is -0.197. The Labute approximate surface area is 156 Å². The summed E-state index contributed by atoms with van der Waals surface area (Å²) in [7, 11) is -3.69. The Kier molecular flexibility index (Phi) is 4.72. The molecule has 26 heavy (non-hydrogen) atoms. The Morgan fingerprint density at radius 3 is 2.42 bits per heavy atom. The Balaban J connectivity index is 1.97. The molecule has 2 N–H and O–H groups in total. The molecule has 0 spiro atoms. The number of fused-ring (bicyclic) bond motifs is 1. The third-order valence-electron chi connectivity index (χ3n) is 4.01. The van der Waals surface area contributed by atoms with Gasteiger partial charge in [0.15, 0.2) is 5.13 Å². The lowest BCUT2D eigenvalue weighted by Gasteiger charge is -2.10. The van der Waals surface area contributed by atoms with E-state index >= 15 is 0 Å². The summed E-state index contributed by atoms with van der Waals surface area (Å²) >= 11 is 1.30. The molecule has 0 aliphatic heterocycles. The fourth-order valence-corrected chi connectivity index (χ4v) is 4.71. The fourth-order valence-electron chi connectivity index (χ4n) is 2.55. The van der Waals surface area contributed by atoms with Gasteiger partial charge in [0.1, 0.15) is 0 Å². The van der Waals surface area contributed by atoms with Crippen molar-refractivity contribution in [2.45, 2.75) is 32.6 Å². The van der Waals surface area contributed by atoms with E-state index in [9.17, 15) is 13.2 Å². The highest BCUT2D eigenvalue weighted by molar-refractivity contribution is 7.92. The van der Waals surface area contributed by atoms with Crippen molar-refractivity contribution in [3.05, 3.63) is 47.0 Å². The second-order valence-corrected chi connectivity index (χ2v) is 8.90. The van der Waals surface area contributed by atoms with Gasteiger partial charge in [0.2, 0.25) is 5.91 Å². The van der Waals surface area contributed by atoms with Gasteiger partial charge in [-0.1, -0.05) is 17.4 Å². The molecule has 1 aromatic heterocycles. The molecule has 1 heterocycles. The first-order valence-corrected chi connectivity index (χ1v) is 10.2. The van der Waals surface area contributed by atoms with Gasteiger partial charge < -0.3 is 5.32 Å². The molecule has 0 saturated carbocycles. The van der Waals surface area contributed by atoms with Crippen LogP contribution in [0.4, 0.5) is 10.8 Å². The number of hydrogen-bond donors (Lipinski definition) is 2. The molecule has 6 nitrogen and oxygen atoms in total. The number of nitrogens with zero attached hydrogens (tertiary/aromatic N) is 1. The summed E-state index contributed by atoms with van der Waals surface area (Å²) in [5.41, 5.74) is 3.99. The number of amides is 1. The molecule has 1 amide bonds. The average Bonchev–Trinajstić information content (AvgIpc) is 2.91. The van der Waals surface area contributed by atoms with Crippen LogP contribution in [0.25, 0.3) is 10.2 Å². The number of benzene rings is 2. The summed E-state index contributed by atoms with van der Waals surface area (Å²) < 4.78 is 28.8. The number of anilines is 2. The average molecular weight is 390 g/mol. The molecule has 136 valence electrons. The lowest BCUT2D eigenvalue weighted by molar-refractivity contribution is -0.114. The van der Waals surface area contributed by atoms with Gasteiger partial charge in [-0.25, -0.2) is 13.4 Å². The van der Waals surface area contributed by atoms with Crippen molar-refractivity contribution in [3.63, 3.8) is 0 Å². The van der Waals surface area contributed by atoms with Crippen LogP contribution in [-0.4, -0.2) is 19.3 Å². The fraction of sp³-hybridized carbons (Fsp3) is 0.222. The zero-order valence-electron chi connectivity index (χ0n) is 14.9. The molecule has 8 heteroatoms. The topological polar surface area (TPSA) is 88.2 Å². The Bertz CT molecular complexity index is 1120. The number of sulfonamides is 1. The van der Waals surface area contributed by atoms with Crippen molar-refractivity contribution < 1.29 is 13.2 Å². The molecule has 2 aromatic carbocycles. The molecule has 0 unspecified atom stereocenters. The van der Waals surface area contributed by atoms with E-state index in [4.69, 9.17) is 0 Å². The standard InChI is InChI=1S/C18H19N3O3S2/c1-10-5-6-15(8-11(10)2)26(23,24)21-14-7-12(3)17-16(9-14)25-18(20-17)19-13(4)22/h5-9,21H,1-4H3,(H,19,20,22). The molecule has 0 atom stereocenters. The van der Waals surface area contributed by atoms with Gasteiger partial charge in [0.25, 0.3) is 10.0 Å². The van der Waals surface area contributed by atoms with Crippen LogP contribution in [0, 0.1) is 20.8 Å². The monoisotopic (exact) mass is 389 g/mol. The van der Waals surface area contributed by atoms with Gasteiger partial charge in [-0.3, -0.25) is 9.52 Å². The molecule has 0 saturated heterocycles. The van der Waals surface area contributed by atoms with E-state index in [1.807, 2.05) is 20.8 Å². The van der Waals surface area contributed by atoms with Crippen LogP contribution >= 0.6 is 11.3 Å². The quantitative estimate of drug-likeness (QED) is 0.706. The third-order valence-corrected chi connectivity index (χ3v) is 6.31. The second kappa shape index (κ2) is 6.69. The number of carbonyl (C=O) groups excluding carboxylic acids is 1. The summed E-state index contributed by atoms with van der Waals surface area (Å²) in [6, 6.07) is 8.51. The van der Waals surface area contributed by atoms with Gasteiger partial charge in [-0.2, -0.15) is 0 Å². The maximum absolute atomic E-state index is 12.7. The van der Waals surface area contributed by atoms with Crippen LogP contribution in [0.2, 0.25) is 0 Å². The van der Waals surface area contributed by atoms with Crippen LogP contribution in [0.3, 0.4) is 0 Å². The summed E-state index contributed by atoms with van der Waals surface area (Å²) in [6.07, 6.45) is 0. The van der Waals surface area contributed by atoms with Crippen molar-refractivity contribution >= 4 is 48.3 Å². The predicted octanol–water partition coefficient (Wildman–Crippen LogP) is 3.98. The van der Waals surface area contributed by atoms with E-state index in [-0.39, 0.29) is 10.8 Å². The van der Waals surface area contributed by atoms with Crippen molar-refractivity contribution in [1.29, 1.82) is 0 Å². The summed E-state index contributed by atoms with van der Waals surface area (Å²) in [5, 5.41) is 3.15. The Hall–Kier alpha value is -2.45. The number of thiazole rings is 1. The first-order chi connectivity index (χ1) is 12.2. The first-order valence-electron chi connectivity index (χ1n) is 7.94. The van der Waals surface area contributed by atoms with Crippen LogP contribution in [0.15, 0.2) is 35.2 Å². The van der Waals surface area contributed by atoms with E-state index in [1.54, 1.807) is 30.3 Å². The highest BCUT2D eigenvalue weighted by atomic mass is 32.2. The zero-order valence-corrected chi connectivity index (χ0v) is 16.5. The molecule has 0 radical (unpaired) electrons. The lowest BCUT2D eigenvalue weighted by Crippen LogP contribution is -2.13. The molecule has 0 bridgehead atoms. The summed E-state index contributed by atoms with van der Waals surface area (Å²) in [6.45, 7) is 7.09. The van der Waals surface area contributed by atoms with E-state index in [2.05, 4.69) is 15.0 Å². The first kappa shape index (κ1) is 18.3. The highest BCUT2D eigenvalue weighted by Crippen LogP contribution is 2.32. The van der Waals surface area contributed by atoms with Crippen molar-refractivity contribution in [3.8, 4) is 0 Å². The van der Waals surface area contributed by atoms with Gasteiger partial charge in [-0.05, 0) is 61.7 Å². The smallest absolute Gasteiger partial charge is 0.261 e. The zero-order chi connectivity index (χ0) is 19.1. The van der Waals surface area contributed by atoms with E-state index in [1.165, 1.54) is 18.3 Å². The van der Waals surface area contributed by atoms with Gasteiger partial charge in [0.05, 0.1) is 20.8 Å². The molecule has 0 fully saturated rings. The number of hydrogen-bond acceptors (Lipinski definition) is 5. The van der Waals surface area contributed by atoms with Crippen LogP contribution < -0.4 is 10.0 Å². The molecule has 3 aromatic rings. The van der Waals surface area contributed by atoms with Crippen LogP contribution in [0.5, 0.6) is 0 Å². The van der Waals surface area contributed by atoms with E-state index < -0.39 is 10.0 Å². The minimum Gasteiger partial charge on any atom is -0.302 e. The van der Waals surface area contributed by atoms with Crippen LogP contribution in [-0.2, 0) is 14.8 Å². The Morgan fingerprint density at radius 1 is 1.04 bits per heavy atom. The maximum Gasteiger partial charge on any atom is 0.261 e. The van der Waals surface area contributed by atoms with E-state index in [0.717, 1.165) is 26.9 Å². The Morgan fingerprint density at radius 2 is 1.77 bits per heavy atom. The van der Waals surface area contributed by atoms with Gasteiger partial charge >= 0.3 is 0 Å². The second-order valence-electron chi connectivity index (χ2n) is 6.19. The normalized spacial score (nSPS) is 11.5. The van der Waals surface area contributed by atoms with Crippen LogP contribution in [0.1, 0.15) is 23.6 Å². The van der Waals surface area contributed by atoms with Crippen molar-refractivity contribution in [2.75, 3.05) is 10.0 Å². The third kappa shape index (κ3) is 3.71. The van der Waals surface area contributed by atoms with Gasteiger partial charge in [-0.15, -0.1) is 0 Å². The van der Waals surface area contributed by atoms with Crippen molar-refractivity contribution in [2.24, 2.45) is 0 Å². The number of rotatable bonds is 4.